The third kappa shape index (κ3) is 3.82. The average molecular weight is 240 g/mol. The zero-order valence-corrected chi connectivity index (χ0v) is 11.1. The molecule has 0 saturated carbocycles. The van der Waals surface area contributed by atoms with Crippen LogP contribution in [0.3, 0.4) is 0 Å². The molecular formula is C13H24N2O2. The number of aliphatic carboxylic acids is 1. The quantitative estimate of drug-likeness (QED) is 0.738. The van der Waals surface area contributed by atoms with E-state index in [1.165, 1.54) is 0 Å². The second kappa shape index (κ2) is 5.65. The van der Waals surface area contributed by atoms with E-state index in [-0.39, 0.29) is 12.0 Å². The lowest BCUT2D eigenvalue weighted by Crippen LogP contribution is -2.62. The van der Waals surface area contributed by atoms with Gasteiger partial charge < -0.3 is 10.0 Å². The van der Waals surface area contributed by atoms with Crippen LogP contribution in [0.15, 0.2) is 12.7 Å². The number of likely N-dealkylation sites (N-methyl/N-ethyl adjacent to an activating group) is 1. The molecule has 0 aliphatic carbocycles. The summed E-state index contributed by atoms with van der Waals surface area (Å²) in [6.07, 6.45) is 2.88. The van der Waals surface area contributed by atoms with E-state index in [1.807, 2.05) is 6.08 Å². The van der Waals surface area contributed by atoms with Crippen LogP contribution in [0.2, 0.25) is 0 Å². The first-order valence-electron chi connectivity index (χ1n) is 6.15. The molecule has 0 spiro atoms. The normalized spacial score (nSPS) is 25.7. The monoisotopic (exact) mass is 240 g/mol. The van der Waals surface area contributed by atoms with Crippen molar-refractivity contribution in [3.05, 3.63) is 12.7 Å². The molecule has 0 bridgehead atoms. The molecule has 1 N–H and O–H groups in total. The Kier molecular flexibility index (Phi) is 4.71. The van der Waals surface area contributed by atoms with Crippen LogP contribution in [-0.4, -0.2) is 59.1 Å². The molecule has 17 heavy (non-hydrogen) atoms. The minimum Gasteiger partial charge on any atom is -0.481 e. The van der Waals surface area contributed by atoms with Gasteiger partial charge in [0.05, 0.1) is 0 Å². The van der Waals surface area contributed by atoms with E-state index in [1.54, 1.807) is 0 Å². The molecule has 1 unspecified atom stereocenters. The summed E-state index contributed by atoms with van der Waals surface area (Å²) in [6.45, 7) is 11.0. The van der Waals surface area contributed by atoms with E-state index >= 15 is 0 Å². The SMILES string of the molecule is C=CCN1CC(CCC(=O)O)N(C)CC1(C)C. The number of carboxylic acid groups (broad SMARTS) is 1. The van der Waals surface area contributed by atoms with Crippen molar-refractivity contribution in [1.82, 2.24) is 9.80 Å². The Labute approximate surface area is 104 Å². The summed E-state index contributed by atoms with van der Waals surface area (Å²) in [7, 11) is 2.08. The van der Waals surface area contributed by atoms with Crippen LogP contribution in [0.25, 0.3) is 0 Å². The molecule has 1 aliphatic heterocycles. The fourth-order valence-corrected chi connectivity index (χ4v) is 2.56. The molecule has 1 saturated heterocycles. The molecule has 1 fully saturated rings. The van der Waals surface area contributed by atoms with Gasteiger partial charge in [-0.25, -0.2) is 0 Å². The Morgan fingerprint density at radius 2 is 2.24 bits per heavy atom. The summed E-state index contributed by atoms with van der Waals surface area (Å²) >= 11 is 0. The summed E-state index contributed by atoms with van der Waals surface area (Å²) in [5, 5.41) is 8.75. The Morgan fingerprint density at radius 3 is 2.76 bits per heavy atom. The largest absolute Gasteiger partial charge is 0.481 e. The van der Waals surface area contributed by atoms with Gasteiger partial charge in [0.2, 0.25) is 0 Å². The van der Waals surface area contributed by atoms with Crippen molar-refractivity contribution < 1.29 is 9.90 Å². The summed E-state index contributed by atoms with van der Waals surface area (Å²) < 4.78 is 0. The first-order chi connectivity index (χ1) is 7.86. The van der Waals surface area contributed by atoms with Gasteiger partial charge in [0.1, 0.15) is 0 Å². The van der Waals surface area contributed by atoms with Gasteiger partial charge >= 0.3 is 5.97 Å². The molecule has 1 rings (SSSR count). The highest BCUT2D eigenvalue weighted by Crippen LogP contribution is 2.25. The van der Waals surface area contributed by atoms with Crippen LogP contribution in [0, 0.1) is 0 Å². The number of hydrogen-bond donors (Lipinski definition) is 1. The lowest BCUT2D eigenvalue weighted by atomic mass is 9.94. The number of carboxylic acids is 1. The third-order valence-corrected chi connectivity index (χ3v) is 3.59. The van der Waals surface area contributed by atoms with E-state index in [4.69, 9.17) is 5.11 Å². The van der Waals surface area contributed by atoms with Gasteiger partial charge in [0.25, 0.3) is 0 Å². The number of piperazine rings is 1. The molecule has 4 nitrogen and oxygen atoms in total. The van der Waals surface area contributed by atoms with Crippen molar-refractivity contribution in [3.63, 3.8) is 0 Å². The van der Waals surface area contributed by atoms with E-state index in [2.05, 4.69) is 37.3 Å². The number of hydrogen-bond acceptors (Lipinski definition) is 3. The Balaban J connectivity index is 2.62. The second-order valence-electron chi connectivity index (χ2n) is 5.51. The van der Waals surface area contributed by atoms with Crippen molar-refractivity contribution in [2.75, 3.05) is 26.7 Å². The second-order valence-corrected chi connectivity index (χ2v) is 5.51. The maximum Gasteiger partial charge on any atom is 0.303 e. The average Bonchev–Trinajstić information content (AvgIpc) is 2.19. The smallest absolute Gasteiger partial charge is 0.303 e. The fraction of sp³-hybridized carbons (Fsp3) is 0.769. The molecule has 98 valence electrons. The molecule has 0 aromatic carbocycles. The van der Waals surface area contributed by atoms with Gasteiger partial charge in [0.15, 0.2) is 0 Å². The van der Waals surface area contributed by atoms with Crippen molar-refractivity contribution in [2.24, 2.45) is 0 Å². The molecule has 1 atom stereocenters. The first-order valence-corrected chi connectivity index (χ1v) is 6.15. The zero-order chi connectivity index (χ0) is 13.1. The van der Waals surface area contributed by atoms with E-state index in [0.717, 1.165) is 26.1 Å². The number of carbonyl (C=O) groups is 1. The molecule has 0 aromatic rings. The van der Waals surface area contributed by atoms with Crippen LogP contribution < -0.4 is 0 Å². The van der Waals surface area contributed by atoms with Gasteiger partial charge in [-0.15, -0.1) is 6.58 Å². The van der Waals surface area contributed by atoms with Crippen LogP contribution in [0.5, 0.6) is 0 Å². The lowest BCUT2D eigenvalue weighted by Gasteiger charge is -2.50. The predicted molar refractivity (Wildman–Crippen MR) is 69.1 cm³/mol. The highest BCUT2D eigenvalue weighted by atomic mass is 16.4. The molecule has 0 aromatic heterocycles. The number of nitrogens with zero attached hydrogens (tertiary/aromatic N) is 2. The van der Waals surface area contributed by atoms with Gasteiger partial charge in [-0.3, -0.25) is 9.69 Å². The van der Waals surface area contributed by atoms with Gasteiger partial charge in [-0.1, -0.05) is 6.08 Å². The molecule has 1 aliphatic rings. The van der Waals surface area contributed by atoms with E-state index < -0.39 is 5.97 Å². The van der Waals surface area contributed by atoms with Gasteiger partial charge in [-0.05, 0) is 27.3 Å². The molecular weight excluding hydrogens is 216 g/mol. The fourth-order valence-electron chi connectivity index (χ4n) is 2.56. The van der Waals surface area contributed by atoms with Crippen LogP contribution in [0.4, 0.5) is 0 Å². The zero-order valence-electron chi connectivity index (χ0n) is 11.1. The Hall–Kier alpha value is -0.870. The van der Waals surface area contributed by atoms with Gasteiger partial charge in [0, 0.05) is 37.6 Å². The van der Waals surface area contributed by atoms with Crippen molar-refractivity contribution in [3.8, 4) is 0 Å². The lowest BCUT2D eigenvalue weighted by molar-refractivity contribution is -0.137. The topological polar surface area (TPSA) is 43.8 Å². The molecule has 0 radical (unpaired) electrons. The highest BCUT2D eigenvalue weighted by molar-refractivity contribution is 5.66. The molecule has 4 heteroatoms. The van der Waals surface area contributed by atoms with Crippen molar-refractivity contribution in [2.45, 2.75) is 38.3 Å². The minimum absolute atomic E-state index is 0.128. The standard InChI is InChI=1S/C13H24N2O2/c1-5-8-15-9-11(6-7-12(16)17)14(4)10-13(15,2)3/h5,11H,1,6-10H2,2-4H3,(H,16,17). The maximum atomic E-state index is 10.6. The highest BCUT2D eigenvalue weighted by Gasteiger charge is 2.36. The Bertz CT molecular complexity index is 289. The van der Waals surface area contributed by atoms with E-state index in [0.29, 0.717) is 6.04 Å². The summed E-state index contributed by atoms with van der Waals surface area (Å²) in [6, 6.07) is 0.332. The molecule has 1 heterocycles. The van der Waals surface area contributed by atoms with E-state index in [9.17, 15) is 4.79 Å². The van der Waals surface area contributed by atoms with Gasteiger partial charge in [-0.2, -0.15) is 0 Å². The predicted octanol–water partition coefficient (Wildman–Crippen LogP) is 1.43. The van der Waals surface area contributed by atoms with Crippen molar-refractivity contribution >= 4 is 5.97 Å². The first kappa shape index (κ1) is 14.2. The maximum absolute atomic E-state index is 10.6. The minimum atomic E-state index is -0.710. The van der Waals surface area contributed by atoms with Crippen LogP contribution in [-0.2, 0) is 4.79 Å². The van der Waals surface area contributed by atoms with Crippen LogP contribution >= 0.6 is 0 Å². The number of rotatable bonds is 5. The summed E-state index contributed by atoms with van der Waals surface area (Å²) in [4.78, 5) is 15.3. The summed E-state index contributed by atoms with van der Waals surface area (Å²) in [5.74, 6) is -0.710. The Morgan fingerprint density at radius 1 is 1.59 bits per heavy atom. The van der Waals surface area contributed by atoms with Crippen molar-refractivity contribution in [1.29, 1.82) is 0 Å². The molecule has 0 amide bonds. The summed E-state index contributed by atoms with van der Waals surface area (Å²) in [5.41, 5.74) is 0.128. The third-order valence-electron chi connectivity index (χ3n) is 3.59. The van der Waals surface area contributed by atoms with Crippen LogP contribution in [0.1, 0.15) is 26.7 Å².